The Kier molecular flexibility index (Phi) is 4.63. The highest BCUT2D eigenvalue weighted by Crippen LogP contribution is 2.20. The van der Waals surface area contributed by atoms with E-state index in [2.05, 4.69) is 4.72 Å². The molecule has 1 aliphatic heterocycles. The van der Waals surface area contributed by atoms with Gasteiger partial charge in [0.25, 0.3) is 10.0 Å². The fourth-order valence-corrected chi connectivity index (χ4v) is 3.81. The lowest BCUT2D eigenvalue weighted by molar-refractivity contribution is -0.119. The molecule has 1 aliphatic rings. The first kappa shape index (κ1) is 16.0. The summed E-state index contributed by atoms with van der Waals surface area (Å²) in [4.78, 5) is 12.0. The molecule has 2 aromatic carbocycles. The Balaban J connectivity index is 1.68. The van der Waals surface area contributed by atoms with E-state index in [1.165, 1.54) is 6.07 Å². The van der Waals surface area contributed by atoms with Crippen molar-refractivity contribution in [3.05, 3.63) is 42.5 Å². The number of sulfonamides is 1. The second-order valence-corrected chi connectivity index (χ2v) is 7.39. The summed E-state index contributed by atoms with van der Waals surface area (Å²) in [6.45, 7) is 0.724. The summed E-state index contributed by atoms with van der Waals surface area (Å²) in [6, 6.07) is 12.3. The van der Waals surface area contributed by atoms with Gasteiger partial charge in [0.2, 0.25) is 5.91 Å². The third-order valence-electron chi connectivity index (χ3n) is 4.00. The molecule has 0 radical (unpaired) electrons. The molecule has 122 valence electrons. The van der Waals surface area contributed by atoms with Crippen molar-refractivity contribution in [2.45, 2.75) is 36.7 Å². The van der Waals surface area contributed by atoms with E-state index >= 15 is 0 Å². The molecule has 0 aliphatic carbocycles. The van der Waals surface area contributed by atoms with Crippen LogP contribution in [0.15, 0.2) is 47.4 Å². The van der Waals surface area contributed by atoms with Gasteiger partial charge >= 0.3 is 0 Å². The van der Waals surface area contributed by atoms with Crippen LogP contribution in [0, 0.1) is 0 Å². The van der Waals surface area contributed by atoms with Gasteiger partial charge in [-0.15, -0.1) is 0 Å². The number of nitrogens with one attached hydrogen (secondary N) is 1. The van der Waals surface area contributed by atoms with Crippen molar-refractivity contribution in [2.24, 2.45) is 0 Å². The molecule has 2 aromatic rings. The Morgan fingerprint density at radius 1 is 1.17 bits per heavy atom. The first-order chi connectivity index (χ1) is 11.0. The van der Waals surface area contributed by atoms with E-state index in [1.54, 1.807) is 12.1 Å². The lowest BCUT2D eigenvalue weighted by Crippen LogP contribution is -2.31. The standard InChI is InChI=1S/C17H19NO4S/c19-17(10-8-15-6-3-11-22-15)18-23(20,21)16-9-7-13-4-1-2-5-14(13)12-16/h1-2,4-5,7,9,12,15H,3,6,8,10-11H2,(H,18,19)/t15-/m1/s1. The number of hydrogen-bond donors (Lipinski definition) is 1. The van der Waals surface area contributed by atoms with Crippen LogP contribution in [0.1, 0.15) is 25.7 Å². The minimum Gasteiger partial charge on any atom is -0.378 e. The smallest absolute Gasteiger partial charge is 0.264 e. The molecule has 1 fully saturated rings. The zero-order valence-electron chi connectivity index (χ0n) is 12.7. The van der Waals surface area contributed by atoms with Gasteiger partial charge < -0.3 is 4.74 Å². The first-order valence-electron chi connectivity index (χ1n) is 7.71. The molecular weight excluding hydrogens is 314 g/mol. The number of ether oxygens (including phenoxy) is 1. The Bertz CT molecular complexity index is 810. The van der Waals surface area contributed by atoms with Crippen LogP contribution in [0.3, 0.4) is 0 Å². The van der Waals surface area contributed by atoms with Gasteiger partial charge in [0.1, 0.15) is 0 Å². The van der Waals surface area contributed by atoms with Crippen molar-refractivity contribution in [3.8, 4) is 0 Å². The minimum absolute atomic E-state index is 0.0733. The highest BCUT2D eigenvalue weighted by atomic mass is 32.2. The molecular formula is C17H19NO4S. The molecule has 23 heavy (non-hydrogen) atoms. The fourth-order valence-electron chi connectivity index (χ4n) is 2.76. The van der Waals surface area contributed by atoms with E-state index in [0.29, 0.717) is 6.42 Å². The van der Waals surface area contributed by atoms with Crippen LogP contribution in [-0.2, 0) is 19.6 Å². The Morgan fingerprint density at radius 2 is 1.96 bits per heavy atom. The molecule has 1 saturated heterocycles. The summed E-state index contributed by atoms with van der Waals surface area (Å²) in [5.41, 5.74) is 0. The summed E-state index contributed by atoms with van der Waals surface area (Å²) in [6.07, 6.45) is 2.72. The van der Waals surface area contributed by atoms with Crippen LogP contribution in [0.2, 0.25) is 0 Å². The quantitative estimate of drug-likeness (QED) is 0.913. The van der Waals surface area contributed by atoms with Gasteiger partial charge in [-0.3, -0.25) is 4.79 Å². The lowest BCUT2D eigenvalue weighted by atomic mass is 10.1. The van der Waals surface area contributed by atoms with Gasteiger partial charge in [-0.2, -0.15) is 0 Å². The molecule has 1 N–H and O–H groups in total. The third kappa shape index (κ3) is 3.89. The van der Waals surface area contributed by atoms with Gasteiger partial charge in [-0.25, -0.2) is 13.1 Å². The number of amides is 1. The van der Waals surface area contributed by atoms with Gasteiger partial charge in [-0.05, 0) is 42.2 Å². The second-order valence-electron chi connectivity index (χ2n) is 5.71. The van der Waals surface area contributed by atoms with Crippen molar-refractivity contribution in [1.29, 1.82) is 0 Å². The normalized spacial score (nSPS) is 18.2. The van der Waals surface area contributed by atoms with E-state index in [9.17, 15) is 13.2 Å². The van der Waals surface area contributed by atoms with Crippen molar-refractivity contribution in [3.63, 3.8) is 0 Å². The number of fused-ring (bicyclic) bond motifs is 1. The van der Waals surface area contributed by atoms with Gasteiger partial charge in [0.05, 0.1) is 11.0 Å². The predicted molar refractivity (Wildman–Crippen MR) is 87.5 cm³/mol. The average molecular weight is 333 g/mol. The van der Waals surface area contributed by atoms with Crippen molar-refractivity contribution >= 4 is 26.7 Å². The maximum Gasteiger partial charge on any atom is 0.264 e. The lowest BCUT2D eigenvalue weighted by Gasteiger charge is -2.10. The van der Waals surface area contributed by atoms with Crippen molar-refractivity contribution in [1.82, 2.24) is 4.72 Å². The topological polar surface area (TPSA) is 72.5 Å². The SMILES string of the molecule is O=C(CC[C@H]1CCCO1)NS(=O)(=O)c1ccc2ccccc2c1. The predicted octanol–water partition coefficient (Wildman–Crippen LogP) is 2.60. The summed E-state index contributed by atoms with van der Waals surface area (Å²) in [7, 11) is -3.84. The molecule has 0 unspecified atom stereocenters. The van der Waals surface area contributed by atoms with Crippen LogP contribution in [0.4, 0.5) is 0 Å². The third-order valence-corrected chi connectivity index (χ3v) is 5.37. The number of carbonyl (C=O) groups is 1. The zero-order chi connectivity index (χ0) is 16.3. The fraction of sp³-hybridized carbons (Fsp3) is 0.353. The highest BCUT2D eigenvalue weighted by Gasteiger charge is 2.20. The minimum atomic E-state index is -3.84. The van der Waals surface area contributed by atoms with Gasteiger partial charge in [0.15, 0.2) is 0 Å². The Hall–Kier alpha value is -1.92. The molecule has 1 amide bonds. The number of hydrogen-bond acceptors (Lipinski definition) is 4. The van der Waals surface area contributed by atoms with Crippen LogP contribution in [0.25, 0.3) is 10.8 Å². The van der Waals surface area contributed by atoms with E-state index in [1.807, 2.05) is 24.3 Å². The monoisotopic (exact) mass is 333 g/mol. The van der Waals surface area contributed by atoms with E-state index in [0.717, 1.165) is 30.2 Å². The second kappa shape index (κ2) is 6.68. The number of carbonyl (C=O) groups excluding carboxylic acids is 1. The van der Waals surface area contributed by atoms with E-state index < -0.39 is 15.9 Å². The van der Waals surface area contributed by atoms with Crippen molar-refractivity contribution < 1.29 is 17.9 Å². The van der Waals surface area contributed by atoms with Crippen LogP contribution in [0.5, 0.6) is 0 Å². The number of rotatable bonds is 5. The molecule has 5 nitrogen and oxygen atoms in total. The molecule has 6 heteroatoms. The zero-order valence-corrected chi connectivity index (χ0v) is 13.5. The van der Waals surface area contributed by atoms with E-state index in [4.69, 9.17) is 4.74 Å². The maximum absolute atomic E-state index is 12.3. The Morgan fingerprint density at radius 3 is 2.70 bits per heavy atom. The summed E-state index contributed by atoms with van der Waals surface area (Å²) in [5.74, 6) is -0.492. The van der Waals surface area contributed by atoms with Gasteiger partial charge in [0, 0.05) is 13.0 Å². The molecule has 0 saturated carbocycles. The van der Waals surface area contributed by atoms with Crippen LogP contribution >= 0.6 is 0 Å². The van der Waals surface area contributed by atoms with Crippen molar-refractivity contribution in [2.75, 3.05) is 6.61 Å². The molecule has 0 bridgehead atoms. The maximum atomic E-state index is 12.3. The number of benzene rings is 2. The molecule has 1 atom stereocenters. The Labute approximate surface area is 135 Å². The molecule has 1 heterocycles. The first-order valence-corrected chi connectivity index (χ1v) is 9.19. The van der Waals surface area contributed by atoms with Crippen LogP contribution in [-0.4, -0.2) is 27.0 Å². The molecule has 0 aromatic heterocycles. The summed E-state index contributed by atoms with van der Waals surface area (Å²) < 4.78 is 32.2. The summed E-state index contributed by atoms with van der Waals surface area (Å²) in [5, 5.41) is 1.78. The van der Waals surface area contributed by atoms with E-state index in [-0.39, 0.29) is 17.4 Å². The van der Waals surface area contributed by atoms with Gasteiger partial charge in [-0.1, -0.05) is 30.3 Å². The molecule has 0 spiro atoms. The summed E-state index contributed by atoms with van der Waals surface area (Å²) >= 11 is 0. The molecule has 3 rings (SSSR count). The largest absolute Gasteiger partial charge is 0.378 e. The highest BCUT2D eigenvalue weighted by molar-refractivity contribution is 7.90. The van der Waals surface area contributed by atoms with Crippen LogP contribution < -0.4 is 4.72 Å². The average Bonchev–Trinajstić information content (AvgIpc) is 3.05.